The van der Waals surface area contributed by atoms with Crippen LogP contribution in [0.1, 0.15) is 0 Å². The van der Waals surface area contributed by atoms with Crippen LogP contribution in [0.5, 0.6) is 0 Å². The van der Waals surface area contributed by atoms with Gasteiger partial charge < -0.3 is 21.9 Å². The molecule has 0 aromatic heterocycles. The number of hydrogen-bond acceptors (Lipinski definition) is 0. The summed E-state index contributed by atoms with van der Waals surface area (Å²) >= 11 is 0. The first kappa shape index (κ1) is 159. The zero-order valence-electron chi connectivity index (χ0n) is 2.64. The van der Waals surface area contributed by atoms with E-state index in [1.165, 1.54) is 0 Å². The van der Waals surface area contributed by atoms with Crippen molar-refractivity contribution in [1.29, 1.82) is 0 Å². The zero-order valence-corrected chi connectivity index (χ0v) is 6.88. The van der Waals surface area contributed by atoms with Crippen LogP contribution in [0, 0.1) is 0 Å². The summed E-state index contributed by atoms with van der Waals surface area (Å²) in [4.78, 5) is 0. The standard InChI is InChI=1S/2Ag.Cr.4O/q2*+1;+6;4*-2. The molecule has 0 aromatic carbocycles. The van der Waals surface area contributed by atoms with E-state index >= 15 is 0 Å². The summed E-state index contributed by atoms with van der Waals surface area (Å²) in [6.07, 6.45) is 0. The maximum Gasteiger partial charge on any atom is 6.00 e. The third kappa shape index (κ3) is 78.4. The van der Waals surface area contributed by atoms with Crippen LogP contribution < -0.4 is 0 Å². The number of hydrogen-bond donors (Lipinski definition) is 0. The Labute approximate surface area is 83.4 Å². The molecule has 0 spiro atoms. The van der Waals surface area contributed by atoms with Gasteiger partial charge in [-0.25, -0.2) is 0 Å². The molecule has 0 heterocycles. The van der Waals surface area contributed by atoms with Crippen molar-refractivity contribution in [3.05, 3.63) is 0 Å². The molecule has 0 atom stereocenters. The fourth-order valence-electron chi connectivity index (χ4n) is 0. The second kappa shape index (κ2) is 107. The molecule has 0 aromatic rings. The summed E-state index contributed by atoms with van der Waals surface area (Å²) in [5, 5.41) is 0. The topological polar surface area (TPSA) is 114 Å². The second-order valence-electron chi connectivity index (χ2n) is 0. The summed E-state index contributed by atoms with van der Waals surface area (Å²) in [5.74, 6) is 0. The maximum absolute atomic E-state index is 0. The minimum absolute atomic E-state index is 0. The fraction of sp³-hybridized carbons (Fsp3) is 0. The molecular weight excluding hydrogens is 332 g/mol. The third-order valence-electron chi connectivity index (χ3n) is 0. The van der Waals surface area contributed by atoms with Crippen LogP contribution in [0.15, 0.2) is 0 Å². The van der Waals surface area contributed by atoms with E-state index in [1.54, 1.807) is 0 Å². The van der Waals surface area contributed by atoms with Gasteiger partial charge in [-0.05, 0) is 0 Å². The molecule has 0 saturated heterocycles. The van der Waals surface area contributed by atoms with Crippen LogP contribution in [0.25, 0.3) is 0 Å². The molecule has 7 heavy (non-hydrogen) atoms. The Bertz CT molecular complexity index is 9.65. The first-order chi connectivity index (χ1) is 0. The second-order valence-corrected chi connectivity index (χ2v) is 0. The summed E-state index contributed by atoms with van der Waals surface area (Å²) in [6.45, 7) is 0. The van der Waals surface area contributed by atoms with E-state index in [-0.39, 0.29) is 84.0 Å². The quantitative estimate of drug-likeness (QED) is 0.533. The molecule has 0 aliphatic carbocycles. The van der Waals surface area contributed by atoms with Gasteiger partial charge in [-0.3, -0.25) is 0 Å². The molecular formula is Ag2CrO4. The Morgan fingerprint density at radius 1 is 0.429 bits per heavy atom. The van der Waals surface area contributed by atoms with Crippen molar-refractivity contribution in [1.82, 2.24) is 0 Å². The monoisotopic (exact) mass is 330 g/mol. The molecule has 4 nitrogen and oxygen atoms in total. The third-order valence-corrected chi connectivity index (χ3v) is 0. The molecule has 0 saturated carbocycles. The van der Waals surface area contributed by atoms with E-state index in [2.05, 4.69) is 0 Å². The molecule has 0 fully saturated rings. The van der Waals surface area contributed by atoms with Crippen LogP contribution >= 0.6 is 0 Å². The summed E-state index contributed by atoms with van der Waals surface area (Å²) in [6, 6.07) is 0. The van der Waals surface area contributed by atoms with Gasteiger partial charge in [-0.2, -0.15) is 0 Å². The number of rotatable bonds is 0. The molecule has 0 bridgehead atoms. The normalized spacial score (nSPS) is 0. The zero-order chi connectivity index (χ0) is 0. The molecule has 0 unspecified atom stereocenters. The maximum atomic E-state index is 0. The predicted octanol–water partition coefficient (Wildman–Crippen LogP) is -0.483. The van der Waals surface area contributed by atoms with Gasteiger partial charge >= 0.3 is 62.1 Å². The van der Waals surface area contributed by atoms with Crippen molar-refractivity contribution in [2.75, 3.05) is 0 Å². The minimum Gasteiger partial charge on any atom is -2.00 e. The van der Waals surface area contributed by atoms with Crippen LogP contribution in [0.4, 0.5) is 0 Å². The molecule has 0 rings (SSSR count). The van der Waals surface area contributed by atoms with E-state index in [0.29, 0.717) is 0 Å². The van der Waals surface area contributed by atoms with Crippen LogP contribution in [-0.2, 0) is 84.0 Å². The van der Waals surface area contributed by atoms with E-state index in [4.69, 9.17) is 0 Å². The molecule has 0 aliphatic rings. The van der Waals surface area contributed by atoms with Gasteiger partial charge in [0.1, 0.15) is 0 Å². The molecule has 0 N–H and O–H groups in total. The van der Waals surface area contributed by atoms with E-state index in [0.717, 1.165) is 0 Å². The Morgan fingerprint density at radius 3 is 0.429 bits per heavy atom. The van der Waals surface area contributed by atoms with Crippen molar-refractivity contribution in [2.45, 2.75) is 0 Å². The Balaban J connectivity index is 0. The smallest absolute Gasteiger partial charge is 2.00 e. The summed E-state index contributed by atoms with van der Waals surface area (Å²) < 4.78 is 0. The first-order valence-electron chi connectivity index (χ1n) is 0. The Kier molecular flexibility index (Phi) is 2440. The largest absolute Gasteiger partial charge is 6.00 e. The van der Waals surface area contributed by atoms with Crippen molar-refractivity contribution in [2.24, 2.45) is 0 Å². The van der Waals surface area contributed by atoms with E-state index in [9.17, 15) is 0 Å². The Morgan fingerprint density at radius 2 is 0.429 bits per heavy atom. The fourth-order valence-corrected chi connectivity index (χ4v) is 0. The summed E-state index contributed by atoms with van der Waals surface area (Å²) in [7, 11) is 0. The van der Waals surface area contributed by atoms with Gasteiger partial charge in [0.2, 0.25) is 0 Å². The van der Waals surface area contributed by atoms with Gasteiger partial charge in [-0.1, -0.05) is 0 Å². The van der Waals surface area contributed by atoms with Gasteiger partial charge in [-0.15, -0.1) is 0 Å². The van der Waals surface area contributed by atoms with Crippen molar-refractivity contribution in [3.8, 4) is 0 Å². The summed E-state index contributed by atoms with van der Waals surface area (Å²) in [5.41, 5.74) is 0. The Hall–Kier alpha value is 1.85. The van der Waals surface area contributed by atoms with Gasteiger partial charge in [0.25, 0.3) is 0 Å². The van der Waals surface area contributed by atoms with Crippen molar-refractivity contribution in [3.63, 3.8) is 0 Å². The van der Waals surface area contributed by atoms with Gasteiger partial charge in [0.05, 0.1) is 0 Å². The predicted molar refractivity (Wildman–Crippen MR) is 2.75 cm³/mol. The van der Waals surface area contributed by atoms with Crippen LogP contribution in [0.2, 0.25) is 0 Å². The van der Waals surface area contributed by atoms with E-state index in [1.807, 2.05) is 0 Å². The molecule has 52 valence electrons. The minimum atomic E-state index is 0. The molecule has 0 aliphatic heterocycles. The van der Waals surface area contributed by atoms with Crippen molar-refractivity contribution >= 4 is 0 Å². The average Bonchev–Trinajstić information content (AvgIpc) is 0. The van der Waals surface area contributed by atoms with Gasteiger partial charge in [0.15, 0.2) is 0 Å². The molecule has 0 amide bonds. The van der Waals surface area contributed by atoms with Crippen molar-refractivity contribution < 1.29 is 84.0 Å². The molecule has 0 radical (unpaired) electrons. The van der Waals surface area contributed by atoms with Crippen LogP contribution in [0.3, 0.4) is 0 Å². The van der Waals surface area contributed by atoms with E-state index < -0.39 is 0 Å². The van der Waals surface area contributed by atoms with Crippen LogP contribution in [-0.4, -0.2) is 0 Å². The first-order valence-corrected chi connectivity index (χ1v) is 0. The average molecular weight is 332 g/mol. The van der Waals surface area contributed by atoms with Gasteiger partial charge in [0, 0.05) is 0 Å². The SMILES string of the molecule is [Ag+].[Ag+].[Cr+6].[O-2].[O-2].[O-2].[O-2]. The molecule has 7 heteroatoms.